The molecule has 0 radical (unpaired) electrons. The minimum atomic E-state index is 0.545. The molecule has 3 heteroatoms. The molecule has 112 valence electrons. The zero-order valence-electron chi connectivity index (χ0n) is 12.7. The van der Waals surface area contributed by atoms with E-state index in [1.165, 1.54) is 5.56 Å². The van der Waals surface area contributed by atoms with Crippen molar-refractivity contribution < 1.29 is 0 Å². The number of nitrogens with zero attached hydrogens (tertiary/aromatic N) is 2. The zero-order chi connectivity index (χ0) is 16.2. The molecule has 1 heterocycles. The van der Waals surface area contributed by atoms with Gasteiger partial charge in [-0.15, -0.1) is 0 Å². The Morgan fingerprint density at radius 2 is 1.91 bits per heavy atom. The van der Waals surface area contributed by atoms with Gasteiger partial charge in [0.05, 0.1) is 11.6 Å². The molecule has 3 aromatic rings. The molecule has 0 aliphatic carbocycles. The number of hydrogen-bond acceptors (Lipinski definition) is 1. The van der Waals surface area contributed by atoms with Gasteiger partial charge in [-0.2, -0.15) is 5.26 Å². The number of rotatable bonds is 3. The van der Waals surface area contributed by atoms with E-state index >= 15 is 0 Å². The second kappa shape index (κ2) is 6.56. The minimum absolute atomic E-state index is 0.545. The lowest BCUT2D eigenvalue weighted by atomic mass is 10.1. The third kappa shape index (κ3) is 3.21. The summed E-state index contributed by atoms with van der Waals surface area (Å²) in [5, 5.41) is 10.1. The van der Waals surface area contributed by atoms with Gasteiger partial charge in [-0.1, -0.05) is 41.9 Å². The van der Waals surface area contributed by atoms with E-state index in [2.05, 4.69) is 29.7 Å². The number of hydrogen-bond donors (Lipinski definition) is 0. The lowest BCUT2D eigenvalue weighted by Gasteiger charge is -2.08. The van der Waals surface area contributed by atoms with Crippen LogP contribution in [0.15, 0.2) is 66.9 Å². The highest BCUT2D eigenvalue weighted by Crippen LogP contribution is 2.26. The fourth-order valence-electron chi connectivity index (χ4n) is 2.52. The summed E-state index contributed by atoms with van der Waals surface area (Å²) in [6, 6.07) is 21.8. The zero-order valence-corrected chi connectivity index (χ0v) is 13.5. The Bertz CT molecular complexity index is 913. The molecule has 2 aromatic carbocycles. The Hall–Kier alpha value is -2.76. The van der Waals surface area contributed by atoms with Crippen molar-refractivity contribution in [1.82, 2.24) is 4.57 Å². The van der Waals surface area contributed by atoms with E-state index in [0.29, 0.717) is 10.6 Å². The number of benzene rings is 2. The fourth-order valence-corrected chi connectivity index (χ4v) is 2.76. The van der Waals surface area contributed by atoms with E-state index < -0.39 is 0 Å². The van der Waals surface area contributed by atoms with Gasteiger partial charge in [0, 0.05) is 28.2 Å². The minimum Gasteiger partial charge on any atom is -0.317 e. The molecule has 23 heavy (non-hydrogen) atoms. The van der Waals surface area contributed by atoms with Crippen molar-refractivity contribution in [3.05, 3.63) is 88.7 Å². The Kier molecular flexibility index (Phi) is 4.32. The molecule has 0 aliphatic heterocycles. The van der Waals surface area contributed by atoms with Crippen molar-refractivity contribution in [3.63, 3.8) is 0 Å². The molecule has 0 aliphatic rings. The number of nitriles is 1. The first-order valence-corrected chi connectivity index (χ1v) is 7.68. The molecule has 0 N–H and O–H groups in total. The van der Waals surface area contributed by atoms with Gasteiger partial charge < -0.3 is 4.57 Å². The number of aromatic nitrogens is 1. The number of halogens is 1. The van der Waals surface area contributed by atoms with Crippen molar-refractivity contribution in [2.75, 3.05) is 0 Å². The van der Waals surface area contributed by atoms with Crippen LogP contribution in [0.5, 0.6) is 0 Å². The third-order valence-electron chi connectivity index (χ3n) is 3.64. The lowest BCUT2D eigenvalue weighted by molar-refractivity contribution is 1.06. The molecule has 0 amide bonds. The summed E-state index contributed by atoms with van der Waals surface area (Å²) in [7, 11) is 0. The van der Waals surface area contributed by atoms with Crippen molar-refractivity contribution >= 4 is 23.3 Å². The highest BCUT2D eigenvalue weighted by molar-refractivity contribution is 6.32. The summed E-state index contributed by atoms with van der Waals surface area (Å²) in [6.45, 7) is 2.06. The van der Waals surface area contributed by atoms with Crippen molar-refractivity contribution in [2.45, 2.75) is 6.92 Å². The maximum atomic E-state index is 9.52. The van der Waals surface area contributed by atoms with Gasteiger partial charge >= 0.3 is 0 Å². The van der Waals surface area contributed by atoms with Gasteiger partial charge in [-0.05, 0) is 48.9 Å². The van der Waals surface area contributed by atoms with Crippen molar-refractivity contribution in [2.24, 2.45) is 0 Å². The Morgan fingerprint density at radius 1 is 1.09 bits per heavy atom. The SMILES string of the molecule is Cc1cccc(-n2cccc2C=C(C#N)c2ccccc2Cl)c1. The Balaban J connectivity index is 2.08. The molecule has 0 fully saturated rings. The van der Waals surface area contributed by atoms with Crippen LogP contribution in [0.25, 0.3) is 17.3 Å². The smallest absolute Gasteiger partial charge is 0.0999 e. The molecule has 0 saturated heterocycles. The van der Waals surface area contributed by atoms with E-state index in [-0.39, 0.29) is 0 Å². The summed E-state index contributed by atoms with van der Waals surface area (Å²) in [4.78, 5) is 0. The summed E-state index contributed by atoms with van der Waals surface area (Å²) in [6.07, 6.45) is 3.85. The highest BCUT2D eigenvalue weighted by Gasteiger charge is 2.08. The molecule has 0 saturated carbocycles. The lowest BCUT2D eigenvalue weighted by Crippen LogP contribution is -1.95. The average Bonchev–Trinajstić information content (AvgIpc) is 3.01. The molecule has 0 bridgehead atoms. The standard InChI is InChI=1S/C20H15ClN2/c1-15-6-4-7-17(12-15)23-11-5-8-18(23)13-16(14-22)19-9-2-3-10-20(19)21/h2-13H,1H3. The molecule has 2 nitrogen and oxygen atoms in total. The topological polar surface area (TPSA) is 28.7 Å². The van der Waals surface area contributed by atoms with Gasteiger partial charge in [-0.3, -0.25) is 0 Å². The average molecular weight is 319 g/mol. The molecular weight excluding hydrogens is 304 g/mol. The predicted molar refractivity (Wildman–Crippen MR) is 95.4 cm³/mol. The summed E-state index contributed by atoms with van der Waals surface area (Å²) in [5.41, 5.74) is 4.49. The molecule has 1 aromatic heterocycles. The van der Waals surface area contributed by atoms with E-state index in [4.69, 9.17) is 11.6 Å². The predicted octanol–water partition coefficient (Wildman–Crippen LogP) is 5.50. The van der Waals surface area contributed by atoms with Crippen LogP contribution in [-0.2, 0) is 0 Å². The fraction of sp³-hybridized carbons (Fsp3) is 0.0500. The second-order valence-electron chi connectivity index (χ2n) is 5.29. The quantitative estimate of drug-likeness (QED) is 0.586. The van der Waals surface area contributed by atoms with Crippen molar-refractivity contribution in [1.29, 1.82) is 5.26 Å². The monoisotopic (exact) mass is 318 g/mol. The summed E-state index contributed by atoms with van der Waals surface area (Å²) < 4.78 is 2.06. The van der Waals surface area contributed by atoms with Crippen LogP contribution < -0.4 is 0 Å². The molecule has 0 spiro atoms. The third-order valence-corrected chi connectivity index (χ3v) is 3.97. The van der Waals surface area contributed by atoms with Gasteiger partial charge in [0.2, 0.25) is 0 Å². The van der Waals surface area contributed by atoms with Gasteiger partial charge in [0.25, 0.3) is 0 Å². The Morgan fingerprint density at radius 3 is 2.65 bits per heavy atom. The largest absolute Gasteiger partial charge is 0.317 e. The van der Waals surface area contributed by atoms with Crippen LogP contribution in [0.1, 0.15) is 16.8 Å². The van der Waals surface area contributed by atoms with Crippen LogP contribution >= 0.6 is 11.6 Å². The van der Waals surface area contributed by atoms with Crippen molar-refractivity contribution in [3.8, 4) is 11.8 Å². The first-order chi connectivity index (χ1) is 11.2. The first kappa shape index (κ1) is 15.1. The van der Waals surface area contributed by atoms with E-state index in [0.717, 1.165) is 16.9 Å². The van der Waals surface area contributed by atoms with Gasteiger partial charge in [0.15, 0.2) is 0 Å². The highest BCUT2D eigenvalue weighted by atomic mass is 35.5. The van der Waals surface area contributed by atoms with Crippen LogP contribution in [0, 0.1) is 18.3 Å². The molecule has 0 unspecified atom stereocenters. The van der Waals surface area contributed by atoms with Gasteiger partial charge in [0.1, 0.15) is 0 Å². The van der Waals surface area contributed by atoms with Crippen LogP contribution in [0.3, 0.4) is 0 Å². The van der Waals surface area contributed by atoms with E-state index in [9.17, 15) is 5.26 Å². The summed E-state index contributed by atoms with van der Waals surface area (Å²) >= 11 is 6.22. The van der Waals surface area contributed by atoms with Crippen LogP contribution in [0.4, 0.5) is 0 Å². The number of aryl methyl sites for hydroxylation is 1. The van der Waals surface area contributed by atoms with E-state index in [1.807, 2.05) is 54.7 Å². The second-order valence-corrected chi connectivity index (χ2v) is 5.70. The summed E-state index contributed by atoms with van der Waals surface area (Å²) in [5.74, 6) is 0. The first-order valence-electron chi connectivity index (χ1n) is 7.30. The van der Waals surface area contributed by atoms with Gasteiger partial charge in [-0.25, -0.2) is 0 Å². The Labute approximate surface area is 140 Å². The maximum Gasteiger partial charge on any atom is 0.0999 e. The van der Waals surface area contributed by atoms with Crippen LogP contribution in [0.2, 0.25) is 5.02 Å². The normalized spacial score (nSPS) is 11.3. The molecule has 3 rings (SSSR count). The number of allylic oxidation sites excluding steroid dienone is 1. The molecular formula is C20H15ClN2. The van der Waals surface area contributed by atoms with Crippen LogP contribution in [-0.4, -0.2) is 4.57 Å². The van der Waals surface area contributed by atoms with E-state index in [1.54, 1.807) is 6.07 Å². The molecule has 0 atom stereocenters. The maximum absolute atomic E-state index is 9.52.